The molecule has 0 radical (unpaired) electrons. The van der Waals surface area contributed by atoms with Crippen LogP contribution in [0.5, 0.6) is 5.88 Å². The molecule has 0 unspecified atom stereocenters. The van der Waals surface area contributed by atoms with Crippen LogP contribution < -0.4 is 10.1 Å². The quantitative estimate of drug-likeness (QED) is 0.203. The minimum atomic E-state index is -4.70. The second-order valence-corrected chi connectivity index (χ2v) is 9.80. The van der Waals surface area contributed by atoms with Crippen molar-refractivity contribution in [3.8, 4) is 28.1 Å². The number of carbonyl (C=O) groups excluding carboxylic acids is 1. The number of likely N-dealkylation sites (N-methyl/N-ethyl adjacent to an activating group) is 1. The summed E-state index contributed by atoms with van der Waals surface area (Å²) in [7, 11) is 0.639. The van der Waals surface area contributed by atoms with E-state index in [1.165, 1.54) is 17.8 Å². The normalized spacial score (nSPS) is 11.9. The Morgan fingerprint density at radius 2 is 1.92 bits per heavy atom. The zero-order valence-electron chi connectivity index (χ0n) is 21.0. The number of amides is 1. The number of phosphoric ester groups is 1. The van der Waals surface area contributed by atoms with Gasteiger partial charge in [-0.1, -0.05) is 6.08 Å². The minimum Gasteiger partial charge on any atom is -0.481 e. The zero-order valence-corrected chi connectivity index (χ0v) is 21.9. The van der Waals surface area contributed by atoms with E-state index in [-0.39, 0.29) is 5.91 Å². The first kappa shape index (κ1) is 27.1. The van der Waals surface area contributed by atoms with Gasteiger partial charge in [-0.05, 0) is 37.9 Å². The molecule has 0 fully saturated rings. The average Bonchev–Trinajstić information content (AvgIpc) is 3.25. The van der Waals surface area contributed by atoms with Gasteiger partial charge in [0.25, 0.3) is 0 Å². The number of rotatable bonds is 10. The van der Waals surface area contributed by atoms with Gasteiger partial charge in [-0.15, -0.1) is 0 Å². The zero-order chi connectivity index (χ0) is 27.3. The smallest absolute Gasteiger partial charge is 0.471 e. The standard InChI is InChI=1S/C25H27N6O6P/c1-30(2)8-4-5-23(32)29-20-9-18(12-26-14-20)19-10-21-22(17-6-7-27-24(11-17)36-3)15-31(25(21)28-13-19)16-37-38(33,34)35/h4-7,9-15H,8,16H2,1-3H3,(H,29,32)(H2,33,34,35). The Morgan fingerprint density at radius 3 is 2.66 bits per heavy atom. The molecule has 4 aromatic heterocycles. The molecule has 198 valence electrons. The Kier molecular flexibility index (Phi) is 8.30. The number of methoxy groups -OCH3 is 1. The first-order valence-electron chi connectivity index (χ1n) is 11.4. The Morgan fingerprint density at radius 1 is 1.13 bits per heavy atom. The van der Waals surface area contributed by atoms with E-state index in [0.717, 1.165) is 16.7 Å². The van der Waals surface area contributed by atoms with Crippen LogP contribution in [-0.4, -0.2) is 67.9 Å². The highest BCUT2D eigenvalue weighted by atomic mass is 31.2. The molecular weight excluding hydrogens is 511 g/mol. The molecule has 3 N–H and O–H groups in total. The lowest BCUT2D eigenvalue weighted by Gasteiger charge is -2.08. The van der Waals surface area contributed by atoms with Crippen molar-refractivity contribution in [3.63, 3.8) is 0 Å². The van der Waals surface area contributed by atoms with E-state index < -0.39 is 14.6 Å². The summed E-state index contributed by atoms with van der Waals surface area (Å²) < 4.78 is 22.8. The van der Waals surface area contributed by atoms with Crippen LogP contribution in [0.4, 0.5) is 5.69 Å². The van der Waals surface area contributed by atoms with Gasteiger partial charge in [-0.25, -0.2) is 14.5 Å². The number of ether oxygens (including phenoxy) is 1. The fraction of sp³-hybridized carbons (Fsp3) is 0.200. The van der Waals surface area contributed by atoms with E-state index in [2.05, 4.69) is 20.3 Å². The summed E-state index contributed by atoms with van der Waals surface area (Å²) in [5.74, 6) is 0.140. The largest absolute Gasteiger partial charge is 0.481 e. The minimum absolute atomic E-state index is 0.268. The number of nitrogens with zero attached hydrogens (tertiary/aromatic N) is 5. The molecule has 1 amide bonds. The van der Waals surface area contributed by atoms with Gasteiger partial charge in [0.1, 0.15) is 12.4 Å². The maximum absolute atomic E-state index is 12.3. The van der Waals surface area contributed by atoms with Crippen molar-refractivity contribution < 1.29 is 28.4 Å². The van der Waals surface area contributed by atoms with E-state index in [1.54, 1.807) is 55.3 Å². The number of phosphoric acid groups is 1. The maximum Gasteiger partial charge on any atom is 0.471 e. The third-order valence-corrected chi connectivity index (χ3v) is 5.86. The van der Waals surface area contributed by atoms with Gasteiger partial charge < -0.3 is 29.3 Å². The molecule has 0 saturated carbocycles. The summed E-state index contributed by atoms with van der Waals surface area (Å²) in [5.41, 5.74) is 3.91. The highest BCUT2D eigenvalue weighted by Crippen LogP contribution is 2.38. The van der Waals surface area contributed by atoms with Crippen LogP contribution in [0.2, 0.25) is 0 Å². The number of carbonyl (C=O) groups is 1. The molecule has 0 aliphatic rings. The summed E-state index contributed by atoms with van der Waals surface area (Å²) in [5, 5.41) is 3.51. The number of hydrogen-bond acceptors (Lipinski definition) is 8. The fourth-order valence-corrected chi connectivity index (χ4v) is 3.98. The van der Waals surface area contributed by atoms with E-state index in [9.17, 15) is 19.1 Å². The van der Waals surface area contributed by atoms with Gasteiger partial charge in [0.15, 0.2) is 0 Å². The first-order valence-corrected chi connectivity index (χ1v) is 12.9. The summed E-state index contributed by atoms with van der Waals surface area (Å²) >= 11 is 0. The highest BCUT2D eigenvalue weighted by Gasteiger charge is 2.18. The fourth-order valence-electron chi connectivity index (χ4n) is 3.70. The van der Waals surface area contributed by atoms with Crippen LogP contribution >= 0.6 is 7.82 Å². The Hall–Kier alpha value is -3.93. The highest BCUT2D eigenvalue weighted by molar-refractivity contribution is 7.46. The number of pyridine rings is 3. The molecule has 13 heteroatoms. The van der Waals surface area contributed by atoms with Crippen LogP contribution in [0.1, 0.15) is 0 Å². The number of fused-ring (bicyclic) bond motifs is 1. The van der Waals surface area contributed by atoms with Crippen molar-refractivity contribution in [2.24, 2.45) is 0 Å². The van der Waals surface area contributed by atoms with Gasteiger partial charge in [-0.2, -0.15) is 0 Å². The van der Waals surface area contributed by atoms with E-state index in [0.29, 0.717) is 34.7 Å². The molecular formula is C25H27N6O6P. The lowest BCUT2D eigenvalue weighted by Crippen LogP contribution is -2.13. The monoisotopic (exact) mass is 538 g/mol. The van der Waals surface area contributed by atoms with Crippen molar-refractivity contribution in [3.05, 3.63) is 67.4 Å². The summed E-state index contributed by atoms with van der Waals surface area (Å²) in [6.07, 6.45) is 11.4. The van der Waals surface area contributed by atoms with Crippen LogP contribution in [0.25, 0.3) is 33.3 Å². The van der Waals surface area contributed by atoms with Crippen molar-refractivity contribution in [1.82, 2.24) is 24.4 Å². The second-order valence-electron chi connectivity index (χ2n) is 8.56. The number of nitrogens with one attached hydrogen (secondary N) is 1. The van der Waals surface area contributed by atoms with E-state index in [1.807, 2.05) is 25.1 Å². The molecule has 0 aromatic carbocycles. The Labute approximate surface area is 218 Å². The number of hydrogen-bond donors (Lipinski definition) is 3. The van der Waals surface area contributed by atoms with Gasteiger partial charge >= 0.3 is 7.82 Å². The molecule has 0 saturated heterocycles. The molecule has 0 atom stereocenters. The maximum atomic E-state index is 12.3. The predicted octanol–water partition coefficient (Wildman–Crippen LogP) is 3.29. The number of aromatic nitrogens is 4. The lowest BCUT2D eigenvalue weighted by molar-refractivity contribution is -0.111. The van der Waals surface area contributed by atoms with Gasteiger partial charge in [-0.3, -0.25) is 14.3 Å². The molecule has 4 heterocycles. The topological polar surface area (TPSA) is 152 Å². The van der Waals surface area contributed by atoms with Gasteiger partial charge in [0.05, 0.1) is 19.0 Å². The van der Waals surface area contributed by atoms with Gasteiger partial charge in [0, 0.05) is 65.6 Å². The Bertz CT molecular complexity index is 1530. The van der Waals surface area contributed by atoms with Crippen LogP contribution in [0.15, 0.2) is 67.4 Å². The van der Waals surface area contributed by atoms with Crippen LogP contribution in [-0.2, 0) is 20.6 Å². The van der Waals surface area contributed by atoms with Crippen molar-refractivity contribution in [2.45, 2.75) is 6.73 Å². The molecule has 0 bridgehead atoms. The van der Waals surface area contributed by atoms with E-state index in [4.69, 9.17) is 9.26 Å². The predicted molar refractivity (Wildman–Crippen MR) is 142 cm³/mol. The van der Waals surface area contributed by atoms with Crippen LogP contribution in [0.3, 0.4) is 0 Å². The number of anilines is 1. The molecule has 4 rings (SSSR count). The van der Waals surface area contributed by atoms with Crippen molar-refractivity contribution in [1.29, 1.82) is 0 Å². The third-order valence-electron chi connectivity index (χ3n) is 5.41. The second kappa shape index (κ2) is 11.6. The molecule has 0 aliphatic heterocycles. The average molecular weight is 539 g/mol. The third kappa shape index (κ3) is 6.88. The summed E-state index contributed by atoms with van der Waals surface area (Å²) in [4.78, 5) is 45.5. The summed E-state index contributed by atoms with van der Waals surface area (Å²) in [6.45, 7) is 0.238. The lowest BCUT2D eigenvalue weighted by atomic mass is 10.0. The van der Waals surface area contributed by atoms with Crippen LogP contribution in [0, 0.1) is 0 Å². The SMILES string of the molecule is COc1cc(-c2cn(COP(=O)(O)O)c3ncc(-c4cncc(NC(=O)C=CCN(C)C)c4)cc23)ccn1. The van der Waals surface area contributed by atoms with Crippen molar-refractivity contribution in [2.75, 3.05) is 33.1 Å². The molecule has 4 aromatic rings. The van der Waals surface area contributed by atoms with Crippen molar-refractivity contribution >= 4 is 30.5 Å². The molecule has 38 heavy (non-hydrogen) atoms. The van der Waals surface area contributed by atoms with Gasteiger partial charge in [0.2, 0.25) is 11.8 Å². The van der Waals surface area contributed by atoms with E-state index >= 15 is 0 Å². The Balaban J connectivity index is 1.71. The molecule has 0 spiro atoms. The molecule has 0 aliphatic carbocycles. The summed E-state index contributed by atoms with van der Waals surface area (Å²) in [6, 6.07) is 7.21. The molecule has 12 nitrogen and oxygen atoms in total. The first-order chi connectivity index (χ1) is 18.1.